The summed E-state index contributed by atoms with van der Waals surface area (Å²) in [5.74, 6) is 0.519. The summed E-state index contributed by atoms with van der Waals surface area (Å²) in [6.45, 7) is 0. The van der Waals surface area contributed by atoms with Gasteiger partial charge in [-0.15, -0.1) is 0 Å². The minimum absolute atomic E-state index is 0.186. The number of nitrogens with two attached hydrogens (primary N) is 1. The second-order valence-corrected chi connectivity index (χ2v) is 7.48. The molecule has 20 heavy (non-hydrogen) atoms. The fourth-order valence-corrected chi connectivity index (χ4v) is 4.07. The smallest absolute Gasteiger partial charge is 0.150 e. The van der Waals surface area contributed by atoms with E-state index in [1.807, 2.05) is 24.3 Å². The molecule has 0 spiro atoms. The second kappa shape index (κ2) is 4.94. The van der Waals surface area contributed by atoms with Crippen LogP contribution in [0.25, 0.3) is 10.9 Å². The fourth-order valence-electron chi connectivity index (χ4n) is 2.58. The average molecular weight is 291 g/mol. The number of fused-ring (bicyclic) bond motifs is 1. The van der Waals surface area contributed by atoms with E-state index in [1.54, 1.807) is 6.20 Å². The Morgan fingerprint density at radius 3 is 2.70 bits per heavy atom. The number of pyridine rings is 1. The van der Waals surface area contributed by atoms with E-state index in [0.29, 0.717) is 18.5 Å². The highest BCUT2D eigenvalue weighted by atomic mass is 32.2. The lowest BCUT2D eigenvalue weighted by molar-refractivity contribution is 0.560. The first-order valence-corrected chi connectivity index (χ1v) is 8.47. The summed E-state index contributed by atoms with van der Waals surface area (Å²) in [4.78, 5) is 4.30. The first-order valence-electron chi connectivity index (χ1n) is 6.65. The van der Waals surface area contributed by atoms with Crippen LogP contribution < -0.4 is 11.1 Å². The monoisotopic (exact) mass is 291 g/mol. The number of anilines is 2. The Balaban J connectivity index is 1.87. The van der Waals surface area contributed by atoms with E-state index in [1.165, 1.54) is 0 Å². The molecule has 1 fully saturated rings. The minimum atomic E-state index is -2.83. The third-order valence-electron chi connectivity index (χ3n) is 3.72. The Hall–Kier alpha value is -1.82. The van der Waals surface area contributed by atoms with Gasteiger partial charge in [0.05, 0.1) is 22.7 Å². The molecule has 1 aromatic heterocycles. The normalized spacial score (nSPS) is 19.0. The summed E-state index contributed by atoms with van der Waals surface area (Å²) >= 11 is 0. The van der Waals surface area contributed by atoms with Crippen LogP contribution in [-0.4, -0.2) is 30.9 Å². The molecule has 1 aliphatic rings. The van der Waals surface area contributed by atoms with Crippen molar-refractivity contribution in [2.24, 2.45) is 0 Å². The molecule has 0 saturated carbocycles. The number of aromatic nitrogens is 1. The second-order valence-electron chi connectivity index (χ2n) is 5.17. The quantitative estimate of drug-likeness (QED) is 0.824. The molecule has 106 valence electrons. The Morgan fingerprint density at radius 1 is 1.20 bits per heavy atom. The number of sulfone groups is 1. The molecule has 0 bridgehead atoms. The Morgan fingerprint density at radius 2 is 1.95 bits per heavy atom. The van der Waals surface area contributed by atoms with E-state index in [0.717, 1.165) is 16.6 Å². The van der Waals surface area contributed by atoms with Crippen molar-refractivity contribution in [1.29, 1.82) is 0 Å². The van der Waals surface area contributed by atoms with E-state index in [9.17, 15) is 8.42 Å². The van der Waals surface area contributed by atoms with Crippen molar-refractivity contribution in [1.82, 2.24) is 4.98 Å². The molecule has 0 amide bonds. The van der Waals surface area contributed by atoms with E-state index in [4.69, 9.17) is 5.73 Å². The van der Waals surface area contributed by atoms with Crippen molar-refractivity contribution >= 4 is 32.1 Å². The van der Waals surface area contributed by atoms with Crippen LogP contribution in [0.4, 0.5) is 11.4 Å². The maximum absolute atomic E-state index is 11.5. The summed E-state index contributed by atoms with van der Waals surface area (Å²) in [7, 11) is -2.83. The lowest BCUT2D eigenvalue weighted by atomic mass is 10.1. The number of para-hydroxylation sites is 1. The molecule has 1 saturated heterocycles. The first kappa shape index (κ1) is 13.2. The number of nitrogens with zero attached hydrogens (tertiary/aromatic N) is 1. The van der Waals surface area contributed by atoms with Gasteiger partial charge >= 0.3 is 0 Å². The van der Waals surface area contributed by atoms with Gasteiger partial charge in [0, 0.05) is 23.3 Å². The van der Waals surface area contributed by atoms with Crippen molar-refractivity contribution in [3.8, 4) is 0 Å². The first-order chi connectivity index (χ1) is 9.55. The Kier molecular flexibility index (Phi) is 3.25. The van der Waals surface area contributed by atoms with E-state index in [2.05, 4.69) is 10.3 Å². The number of hydrogen-bond acceptors (Lipinski definition) is 5. The lowest BCUT2D eigenvalue weighted by Crippen LogP contribution is -2.32. The van der Waals surface area contributed by atoms with Crippen LogP contribution in [0.15, 0.2) is 30.5 Å². The van der Waals surface area contributed by atoms with Crippen molar-refractivity contribution in [2.45, 2.75) is 18.9 Å². The maximum Gasteiger partial charge on any atom is 0.150 e. The molecular formula is C14H17N3O2S. The molecule has 1 aromatic carbocycles. The average Bonchev–Trinajstić information content (AvgIpc) is 2.42. The molecule has 2 aromatic rings. The predicted molar refractivity (Wildman–Crippen MR) is 81.5 cm³/mol. The summed E-state index contributed by atoms with van der Waals surface area (Å²) in [6.07, 6.45) is 3.02. The molecular weight excluding hydrogens is 274 g/mol. The van der Waals surface area contributed by atoms with Gasteiger partial charge < -0.3 is 11.1 Å². The third kappa shape index (κ3) is 2.56. The van der Waals surface area contributed by atoms with Crippen LogP contribution in [0.3, 0.4) is 0 Å². The van der Waals surface area contributed by atoms with Gasteiger partial charge in [-0.2, -0.15) is 0 Å². The molecule has 1 aliphatic heterocycles. The van der Waals surface area contributed by atoms with Gasteiger partial charge in [-0.1, -0.05) is 12.1 Å². The molecule has 5 nitrogen and oxygen atoms in total. The highest BCUT2D eigenvalue weighted by Gasteiger charge is 2.23. The molecule has 2 heterocycles. The van der Waals surface area contributed by atoms with Crippen molar-refractivity contribution in [3.63, 3.8) is 0 Å². The van der Waals surface area contributed by atoms with Gasteiger partial charge in [0.15, 0.2) is 0 Å². The standard InChI is InChI=1S/C14H17N3O2S/c15-12-3-1-2-11-13(4-7-16-14(11)12)17-10-5-8-20(18,19)9-6-10/h1-4,7,10H,5-6,8-9,15H2,(H,16,17). The molecule has 3 N–H and O–H groups in total. The van der Waals surface area contributed by atoms with Gasteiger partial charge in [-0.05, 0) is 25.0 Å². The van der Waals surface area contributed by atoms with Crippen LogP contribution >= 0.6 is 0 Å². The molecule has 0 atom stereocenters. The minimum Gasteiger partial charge on any atom is -0.397 e. The molecule has 3 rings (SSSR count). The van der Waals surface area contributed by atoms with Gasteiger partial charge in [-0.25, -0.2) is 8.42 Å². The molecule has 0 aliphatic carbocycles. The Bertz CT molecular complexity index is 729. The molecule has 0 unspecified atom stereocenters. The van der Waals surface area contributed by atoms with Crippen LogP contribution in [0.2, 0.25) is 0 Å². The zero-order valence-corrected chi connectivity index (χ0v) is 11.9. The lowest BCUT2D eigenvalue weighted by Gasteiger charge is -2.24. The predicted octanol–water partition coefficient (Wildman–Crippen LogP) is 1.81. The van der Waals surface area contributed by atoms with Gasteiger partial charge in [0.1, 0.15) is 9.84 Å². The van der Waals surface area contributed by atoms with E-state index in [-0.39, 0.29) is 17.5 Å². The zero-order valence-electron chi connectivity index (χ0n) is 11.0. The fraction of sp³-hybridized carbons (Fsp3) is 0.357. The number of nitrogen functional groups attached to an aromatic ring is 1. The number of hydrogen-bond donors (Lipinski definition) is 2. The van der Waals surface area contributed by atoms with Gasteiger partial charge in [0.25, 0.3) is 0 Å². The summed E-state index contributed by atoms with van der Waals surface area (Å²) in [5.41, 5.74) is 8.32. The van der Waals surface area contributed by atoms with Crippen molar-refractivity contribution in [3.05, 3.63) is 30.5 Å². The summed E-state index contributed by atoms with van der Waals surface area (Å²) in [6, 6.07) is 7.79. The van der Waals surface area contributed by atoms with Crippen LogP contribution in [0.5, 0.6) is 0 Å². The topological polar surface area (TPSA) is 85.1 Å². The SMILES string of the molecule is Nc1cccc2c(NC3CCS(=O)(=O)CC3)ccnc12. The van der Waals surface area contributed by atoms with Crippen LogP contribution in [0.1, 0.15) is 12.8 Å². The molecule has 6 heteroatoms. The van der Waals surface area contributed by atoms with Crippen LogP contribution in [0, 0.1) is 0 Å². The summed E-state index contributed by atoms with van der Waals surface area (Å²) in [5, 5.41) is 4.40. The molecule has 0 radical (unpaired) electrons. The highest BCUT2D eigenvalue weighted by Crippen LogP contribution is 2.27. The van der Waals surface area contributed by atoms with E-state index >= 15 is 0 Å². The van der Waals surface area contributed by atoms with Crippen molar-refractivity contribution < 1.29 is 8.42 Å². The van der Waals surface area contributed by atoms with Gasteiger partial charge in [0.2, 0.25) is 0 Å². The maximum atomic E-state index is 11.5. The van der Waals surface area contributed by atoms with Crippen LogP contribution in [-0.2, 0) is 9.84 Å². The number of rotatable bonds is 2. The summed E-state index contributed by atoms with van der Waals surface area (Å²) < 4.78 is 22.9. The Labute approximate surface area is 118 Å². The number of nitrogens with one attached hydrogen (secondary N) is 1. The highest BCUT2D eigenvalue weighted by molar-refractivity contribution is 7.91. The van der Waals surface area contributed by atoms with E-state index < -0.39 is 9.84 Å². The largest absolute Gasteiger partial charge is 0.397 e. The van der Waals surface area contributed by atoms with Gasteiger partial charge in [-0.3, -0.25) is 4.98 Å². The third-order valence-corrected chi connectivity index (χ3v) is 5.43. The zero-order chi connectivity index (χ0) is 14.2. The van der Waals surface area contributed by atoms with Crippen molar-refractivity contribution in [2.75, 3.05) is 22.6 Å². The number of benzene rings is 1.